The quantitative estimate of drug-likeness (QED) is 0.641. The normalized spacial score (nSPS) is 27.4. The van der Waals surface area contributed by atoms with Gasteiger partial charge in [0.1, 0.15) is 11.6 Å². The molecule has 2 atom stereocenters. The number of carbonyl (C=O) groups excluding carboxylic acids is 2. The van der Waals surface area contributed by atoms with E-state index in [1.165, 1.54) is 0 Å². The molecule has 1 aromatic rings. The lowest BCUT2D eigenvalue weighted by Crippen LogP contribution is -2.40. The summed E-state index contributed by atoms with van der Waals surface area (Å²) >= 11 is 1.07. The molecule has 0 aromatic carbocycles. The second kappa shape index (κ2) is 9.75. The Morgan fingerprint density at radius 3 is 2.85 bits per heavy atom. The molecule has 1 aromatic heterocycles. The number of pyridine rings is 1. The summed E-state index contributed by atoms with van der Waals surface area (Å²) in [5.41, 5.74) is 6.34. The third kappa shape index (κ3) is 5.03. The maximum absolute atomic E-state index is 13.2. The Labute approximate surface area is 200 Å². The van der Waals surface area contributed by atoms with Crippen molar-refractivity contribution in [1.29, 1.82) is 0 Å². The number of nitrogens with one attached hydrogen (secondary N) is 1. The van der Waals surface area contributed by atoms with Crippen molar-refractivity contribution in [2.75, 3.05) is 29.4 Å². The van der Waals surface area contributed by atoms with Gasteiger partial charge < -0.3 is 10.6 Å². The second-order valence-corrected chi connectivity index (χ2v) is 10.6. The number of hydrogen-bond acceptors (Lipinski definition) is 7. The van der Waals surface area contributed by atoms with Crippen molar-refractivity contribution < 1.29 is 9.59 Å². The van der Waals surface area contributed by atoms with E-state index in [1.807, 2.05) is 6.92 Å². The molecular weight excluding hydrogens is 436 g/mol. The number of nitrogens with two attached hydrogens (primary N) is 1. The zero-order valence-electron chi connectivity index (χ0n) is 19.7. The molecule has 4 rings (SSSR count). The number of aromatic nitrogens is 1. The average molecular weight is 471 g/mol. The number of fused-ring (bicyclic) bond motifs is 4. The summed E-state index contributed by atoms with van der Waals surface area (Å²) in [6.07, 6.45) is 8.17. The number of nitrogens with zero attached hydrogens (tertiary/aromatic N) is 4. The van der Waals surface area contributed by atoms with Crippen molar-refractivity contribution in [2.24, 2.45) is 22.6 Å². The molecule has 178 valence electrons. The summed E-state index contributed by atoms with van der Waals surface area (Å²) in [7, 11) is 0. The van der Waals surface area contributed by atoms with Crippen LogP contribution in [0.1, 0.15) is 63.2 Å². The highest BCUT2D eigenvalue weighted by atomic mass is 32.2. The van der Waals surface area contributed by atoms with Gasteiger partial charge in [0.25, 0.3) is 5.91 Å². The topological polar surface area (TPSA) is 104 Å². The summed E-state index contributed by atoms with van der Waals surface area (Å²) in [5, 5.41) is 0.462. The van der Waals surface area contributed by atoms with Crippen molar-refractivity contribution >= 4 is 41.6 Å². The fourth-order valence-electron chi connectivity index (χ4n) is 5.14. The predicted molar refractivity (Wildman–Crippen MR) is 134 cm³/mol. The number of rotatable bonds is 2. The van der Waals surface area contributed by atoms with Gasteiger partial charge in [-0.25, -0.2) is 4.98 Å². The largest absolute Gasteiger partial charge is 0.392 e. The molecule has 4 heterocycles. The van der Waals surface area contributed by atoms with E-state index in [4.69, 9.17) is 10.7 Å². The van der Waals surface area contributed by atoms with E-state index in [-0.39, 0.29) is 23.3 Å². The zero-order valence-corrected chi connectivity index (χ0v) is 20.5. The van der Waals surface area contributed by atoms with Gasteiger partial charge in [-0.3, -0.25) is 24.2 Å². The molecule has 8 nitrogen and oxygen atoms in total. The Bertz CT molecular complexity index is 976. The lowest BCUT2D eigenvalue weighted by atomic mass is 9.93. The molecule has 0 radical (unpaired) electrons. The van der Waals surface area contributed by atoms with Crippen LogP contribution < -0.4 is 20.3 Å². The first-order valence-corrected chi connectivity index (χ1v) is 12.6. The molecule has 2 unspecified atom stereocenters. The Morgan fingerprint density at radius 2 is 2.09 bits per heavy atom. The Morgan fingerprint density at radius 1 is 1.27 bits per heavy atom. The summed E-state index contributed by atoms with van der Waals surface area (Å²) in [4.78, 5) is 39.4. The van der Waals surface area contributed by atoms with E-state index < -0.39 is 0 Å². The molecule has 3 aliphatic rings. The number of aliphatic imine (C=N–C) groups is 1. The minimum atomic E-state index is -0.254. The van der Waals surface area contributed by atoms with Crippen LogP contribution in [0.5, 0.6) is 0 Å². The van der Waals surface area contributed by atoms with Crippen molar-refractivity contribution in [3.05, 3.63) is 28.8 Å². The molecule has 3 N–H and O–H groups in total. The number of allylic oxidation sites excluding steroid dienone is 1. The van der Waals surface area contributed by atoms with Gasteiger partial charge in [0, 0.05) is 49.3 Å². The zero-order chi connectivity index (χ0) is 23.6. The van der Waals surface area contributed by atoms with Crippen LogP contribution in [0.4, 0.5) is 11.6 Å². The van der Waals surface area contributed by atoms with Crippen LogP contribution in [0.15, 0.2) is 28.2 Å². The summed E-state index contributed by atoms with van der Waals surface area (Å²) in [5.74, 6) is 1.68. The third-order valence-electron chi connectivity index (χ3n) is 6.91. The molecule has 3 aliphatic heterocycles. The predicted octanol–water partition coefficient (Wildman–Crippen LogP) is 3.49. The molecule has 0 aliphatic carbocycles. The van der Waals surface area contributed by atoms with E-state index in [9.17, 15) is 9.59 Å². The van der Waals surface area contributed by atoms with Crippen LogP contribution in [0.3, 0.4) is 0 Å². The van der Waals surface area contributed by atoms with Crippen LogP contribution in [-0.4, -0.2) is 48.2 Å². The molecule has 2 saturated heterocycles. The lowest BCUT2D eigenvalue weighted by molar-refractivity contribution is -0.120. The average Bonchev–Trinajstić information content (AvgIpc) is 3.31. The van der Waals surface area contributed by atoms with Crippen molar-refractivity contribution in [3.8, 4) is 0 Å². The van der Waals surface area contributed by atoms with Gasteiger partial charge in [-0.15, -0.1) is 0 Å². The second-order valence-electron chi connectivity index (χ2n) is 9.72. The number of anilines is 2. The summed E-state index contributed by atoms with van der Waals surface area (Å²) < 4.78 is 2.83. The standard InChI is InChI=1S/C24H34N6O2S/c1-4-17-10-13-29(23(17)32)20-8-7-18-21(27-20)30-15-16(14-24(30,2)3)6-5-11-26-12-9-19(25)33-28-22(18)31/h7-9,12,16-17H,4-6,10-11,13-15,25H2,1-3H3,(H,28,31)/b19-9+,26-12?. The molecule has 2 fully saturated rings. The number of hydrogen-bond donors (Lipinski definition) is 2. The number of carbonyl (C=O) groups is 2. The fraction of sp³-hybridized carbons (Fsp3) is 0.583. The minimum absolute atomic E-state index is 0.0497. The van der Waals surface area contributed by atoms with Gasteiger partial charge in [-0.1, -0.05) is 6.92 Å². The minimum Gasteiger partial charge on any atom is -0.392 e. The van der Waals surface area contributed by atoms with E-state index >= 15 is 0 Å². The van der Waals surface area contributed by atoms with Gasteiger partial charge >= 0.3 is 0 Å². The van der Waals surface area contributed by atoms with Gasteiger partial charge in [0.15, 0.2) is 0 Å². The monoisotopic (exact) mass is 470 g/mol. The molecular formula is C24H34N6O2S. The lowest BCUT2D eigenvalue weighted by Gasteiger charge is -2.34. The van der Waals surface area contributed by atoms with Gasteiger partial charge in [0.05, 0.1) is 10.6 Å². The molecule has 9 heteroatoms. The highest BCUT2D eigenvalue weighted by Crippen LogP contribution is 2.40. The highest BCUT2D eigenvalue weighted by molar-refractivity contribution is 8.01. The molecule has 2 amide bonds. The molecule has 0 spiro atoms. The SMILES string of the molecule is CCC1CCN(c2ccc3c(n2)N2CC(CCCN=C/C=C(\N)SNC3=O)CC2(C)C)C1=O. The van der Waals surface area contributed by atoms with Crippen molar-refractivity contribution in [2.45, 2.75) is 58.4 Å². The maximum Gasteiger partial charge on any atom is 0.265 e. The first-order valence-electron chi connectivity index (χ1n) is 11.8. The third-order valence-corrected chi connectivity index (χ3v) is 7.57. The molecule has 33 heavy (non-hydrogen) atoms. The first kappa shape index (κ1) is 23.6. The van der Waals surface area contributed by atoms with Crippen LogP contribution in [0, 0.1) is 11.8 Å². The summed E-state index contributed by atoms with van der Waals surface area (Å²) in [6, 6.07) is 3.59. The first-order chi connectivity index (χ1) is 15.8. The Balaban J connectivity index is 1.73. The maximum atomic E-state index is 13.2. The smallest absolute Gasteiger partial charge is 0.265 e. The van der Waals surface area contributed by atoms with Gasteiger partial charge in [0.2, 0.25) is 5.91 Å². The van der Waals surface area contributed by atoms with Crippen LogP contribution in [0.2, 0.25) is 0 Å². The van der Waals surface area contributed by atoms with Crippen LogP contribution in [0.25, 0.3) is 0 Å². The van der Waals surface area contributed by atoms with Crippen molar-refractivity contribution in [3.63, 3.8) is 0 Å². The summed E-state index contributed by atoms with van der Waals surface area (Å²) in [6.45, 7) is 8.70. The van der Waals surface area contributed by atoms with Crippen molar-refractivity contribution in [1.82, 2.24) is 9.71 Å². The highest BCUT2D eigenvalue weighted by Gasteiger charge is 2.41. The van der Waals surface area contributed by atoms with E-state index in [1.54, 1.807) is 29.3 Å². The Hall–Kier alpha value is -2.55. The molecule has 0 saturated carbocycles. The van der Waals surface area contributed by atoms with E-state index in [0.717, 1.165) is 57.1 Å². The fourth-order valence-corrected chi connectivity index (χ4v) is 5.59. The van der Waals surface area contributed by atoms with Crippen LogP contribution >= 0.6 is 11.9 Å². The van der Waals surface area contributed by atoms with Gasteiger partial charge in [-0.2, -0.15) is 0 Å². The van der Waals surface area contributed by atoms with E-state index in [2.05, 4.69) is 28.5 Å². The van der Waals surface area contributed by atoms with Crippen LogP contribution in [-0.2, 0) is 4.79 Å². The van der Waals surface area contributed by atoms with E-state index in [0.29, 0.717) is 34.7 Å². The number of amides is 2. The molecule has 2 bridgehead atoms. The Kier molecular flexibility index (Phi) is 6.97. The van der Waals surface area contributed by atoms with Gasteiger partial charge in [-0.05, 0) is 70.1 Å².